The van der Waals surface area contributed by atoms with Crippen LogP contribution in [0.4, 0.5) is 0 Å². The van der Waals surface area contributed by atoms with E-state index in [1.165, 1.54) is 5.56 Å². The average molecular weight is 224 g/mol. The summed E-state index contributed by atoms with van der Waals surface area (Å²) in [6, 6.07) is 10.8. The minimum absolute atomic E-state index is 0. The summed E-state index contributed by atoms with van der Waals surface area (Å²) in [5.74, 6) is 0. The van der Waals surface area contributed by atoms with E-state index in [1.807, 2.05) is 24.3 Å². The van der Waals surface area contributed by atoms with E-state index in [1.54, 1.807) is 14.1 Å². The van der Waals surface area contributed by atoms with E-state index >= 15 is 0 Å². The maximum absolute atomic E-state index is 3.50. The van der Waals surface area contributed by atoms with E-state index in [0.717, 1.165) is 0 Å². The van der Waals surface area contributed by atoms with Crippen molar-refractivity contribution in [2.45, 2.75) is 6.92 Å². The third-order valence-electron chi connectivity index (χ3n) is 0.885. The summed E-state index contributed by atoms with van der Waals surface area (Å²) in [7, 11) is 3.50. The van der Waals surface area contributed by atoms with Crippen LogP contribution in [0.25, 0.3) is 5.32 Å². The molecule has 2 heteroatoms. The summed E-state index contributed by atoms with van der Waals surface area (Å²) >= 11 is 0. The zero-order chi connectivity index (χ0) is 7.82. The average Bonchev–Trinajstić information content (AvgIpc) is 1.91. The standard InChI is InChI=1S/C7H7.C2H6N.Y/c1-7-5-3-2-4-6-7;1-3-2;/h3-6H,1H3;1-2H3;/q2*-1;+3. The van der Waals surface area contributed by atoms with E-state index in [9.17, 15) is 0 Å². The van der Waals surface area contributed by atoms with Gasteiger partial charge < -0.3 is 5.32 Å². The Kier molecular flexibility index (Phi) is 12.9. The molecule has 0 bridgehead atoms. The van der Waals surface area contributed by atoms with Crippen molar-refractivity contribution in [3.8, 4) is 0 Å². The second-order valence-corrected chi connectivity index (χ2v) is 2.02. The molecule has 11 heavy (non-hydrogen) atoms. The predicted octanol–water partition coefficient (Wildman–Crippen LogP) is 2.41. The molecule has 0 fully saturated rings. The fourth-order valence-corrected chi connectivity index (χ4v) is 0.470. The number of rotatable bonds is 0. The molecule has 1 aromatic carbocycles. The largest absolute Gasteiger partial charge is 3.00 e. The van der Waals surface area contributed by atoms with Gasteiger partial charge in [0.05, 0.1) is 0 Å². The first-order chi connectivity index (χ1) is 4.81. The van der Waals surface area contributed by atoms with Crippen molar-refractivity contribution in [2.75, 3.05) is 14.1 Å². The van der Waals surface area contributed by atoms with Crippen molar-refractivity contribution in [3.63, 3.8) is 0 Å². The Bertz CT molecular complexity index is 151. The third kappa shape index (κ3) is 10.3. The zero-order valence-corrected chi connectivity index (χ0v) is 10.2. The number of hydrogen-bond donors (Lipinski definition) is 0. The minimum Gasteiger partial charge on any atom is -0.668 e. The summed E-state index contributed by atoms with van der Waals surface area (Å²) in [5.41, 5.74) is 1.29. The summed E-state index contributed by atoms with van der Waals surface area (Å²) in [4.78, 5) is 0. The van der Waals surface area contributed by atoms with Crippen LogP contribution in [0.5, 0.6) is 0 Å². The number of hydrogen-bond acceptors (Lipinski definition) is 0. The van der Waals surface area contributed by atoms with Crippen LogP contribution in [0.15, 0.2) is 24.3 Å². The second kappa shape index (κ2) is 10.3. The fourth-order valence-electron chi connectivity index (χ4n) is 0.470. The van der Waals surface area contributed by atoms with Gasteiger partial charge in [-0.05, 0) is 0 Å². The topological polar surface area (TPSA) is 14.1 Å². The van der Waals surface area contributed by atoms with Gasteiger partial charge in [0.25, 0.3) is 0 Å². The first-order valence-electron chi connectivity index (χ1n) is 3.22. The monoisotopic (exact) mass is 224 g/mol. The van der Waals surface area contributed by atoms with Crippen molar-refractivity contribution in [1.82, 2.24) is 0 Å². The molecule has 1 aromatic rings. The Morgan fingerprint density at radius 2 is 1.55 bits per heavy atom. The molecule has 0 heterocycles. The number of nitrogens with zero attached hydrogens (tertiary/aromatic N) is 1. The zero-order valence-electron chi connectivity index (χ0n) is 7.33. The van der Waals surface area contributed by atoms with Crippen LogP contribution in [0, 0.1) is 13.0 Å². The third-order valence-corrected chi connectivity index (χ3v) is 0.885. The molecule has 0 unspecified atom stereocenters. The van der Waals surface area contributed by atoms with E-state index in [-0.39, 0.29) is 32.7 Å². The van der Waals surface area contributed by atoms with Gasteiger partial charge in [0.15, 0.2) is 0 Å². The van der Waals surface area contributed by atoms with Gasteiger partial charge in [-0.25, -0.2) is 0 Å². The van der Waals surface area contributed by atoms with Crippen LogP contribution in [-0.2, 0) is 32.7 Å². The van der Waals surface area contributed by atoms with Crippen molar-refractivity contribution in [2.24, 2.45) is 0 Å². The Morgan fingerprint density at radius 1 is 1.18 bits per heavy atom. The van der Waals surface area contributed by atoms with E-state index in [4.69, 9.17) is 0 Å². The maximum Gasteiger partial charge on any atom is 3.00 e. The SMILES string of the molecule is C[N-]C.Cc1cc[c-]cc1.[Y+3]. The van der Waals surface area contributed by atoms with Gasteiger partial charge in [0, 0.05) is 0 Å². The Balaban J connectivity index is 0. The molecule has 0 saturated heterocycles. The number of benzene rings is 1. The van der Waals surface area contributed by atoms with Crippen LogP contribution in [0.2, 0.25) is 0 Å². The van der Waals surface area contributed by atoms with Crippen LogP contribution in [0.1, 0.15) is 5.56 Å². The van der Waals surface area contributed by atoms with Crippen LogP contribution in [0.3, 0.4) is 0 Å². The molecule has 1 rings (SSSR count). The van der Waals surface area contributed by atoms with Gasteiger partial charge in [-0.1, -0.05) is 6.92 Å². The van der Waals surface area contributed by atoms with E-state index < -0.39 is 0 Å². The van der Waals surface area contributed by atoms with Crippen molar-refractivity contribution >= 4 is 0 Å². The van der Waals surface area contributed by atoms with Gasteiger partial charge in [-0.3, -0.25) is 0 Å². The second-order valence-electron chi connectivity index (χ2n) is 2.02. The molecular weight excluding hydrogens is 211 g/mol. The first kappa shape index (κ1) is 13.8. The Morgan fingerprint density at radius 3 is 1.73 bits per heavy atom. The van der Waals surface area contributed by atoms with Crippen molar-refractivity contribution < 1.29 is 32.7 Å². The minimum atomic E-state index is 0. The molecule has 0 N–H and O–H groups in total. The van der Waals surface area contributed by atoms with Gasteiger partial charge in [0.2, 0.25) is 0 Å². The van der Waals surface area contributed by atoms with E-state index in [2.05, 4.69) is 18.3 Å². The summed E-state index contributed by atoms with van der Waals surface area (Å²) < 4.78 is 0. The molecule has 0 aromatic heterocycles. The number of aryl methyl sites for hydroxylation is 1. The molecule has 0 amide bonds. The van der Waals surface area contributed by atoms with Crippen LogP contribution < -0.4 is 0 Å². The van der Waals surface area contributed by atoms with Crippen molar-refractivity contribution in [3.05, 3.63) is 41.2 Å². The Hall–Kier alpha value is 0.284. The van der Waals surface area contributed by atoms with Gasteiger partial charge in [-0.15, -0.1) is 0 Å². The molecule has 0 spiro atoms. The van der Waals surface area contributed by atoms with E-state index in [0.29, 0.717) is 0 Å². The smallest absolute Gasteiger partial charge is 0.668 e. The van der Waals surface area contributed by atoms with Gasteiger partial charge >= 0.3 is 32.7 Å². The predicted molar refractivity (Wildman–Crippen MR) is 45.2 cm³/mol. The Labute approximate surface area is 94.5 Å². The molecule has 1 nitrogen and oxygen atoms in total. The summed E-state index contributed by atoms with van der Waals surface area (Å²) in [5, 5.41) is 3.50. The van der Waals surface area contributed by atoms with Gasteiger partial charge in [-0.2, -0.15) is 50.0 Å². The quantitative estimate of drug-likeness (QED) is 0.601. The molecule has 56 valence electrons. The molecule has 0 aliphatic rings. The van der Waals surface area contributed by atoms with Gasteiger partial charge in [0.1, 0.15) is 0 Å². The summed E-state index contributed by atoms with van der Waals surface area (Å²) in [6.45, 7) is 2.06. The maximum atomic E-state index is 3.50. The summed E-state index contributed by atoms with van der Waals surface area (Å²) in [6.07, 6.45) is 0. The molecule has 0 atom stereocenters. The van der Waals surface area contributed by atoms with Crippen LogP contribution >= 0.6 is 0 Å². The molecule has 0 radical (unpaired) electrons. The van der Waals surface area contributed by atoms with Crippen molar-refractivity contribution in [1.29, 1.82) is 0 Å². The first-order valence-corrected chi connectivity index (χ1v) is 3.22. The normalized spacial score (nSPS) is 7.18. The molecule has 0 aliphatic carbocycles. The fraction of sp³-hybridized carbons (Fsp3) is 0.333. The molecule has 0 saturated carbocycles. The van der Waals surface area contributed by atoms with Crippen LogP contribution in [-0.4, -0.2) is 14.1 Å². The molecular formula is C9H13NY+. The molecule has 0 aliphatic heterocycles.